The summed E-state index contributed by atoms with van der Waals surface area (Å²) >= 11 is 0. The minimum atomic E-state index is 0.196. The van der Waals surface area contributed by atoms with Crippen molar-refractivity contribution in [2.45, 2.75) is 51.2 Å². The van der Waals surface area contributed by atoms with Crippen molar-refractivity contribution in [2.24, 2.45) is 5.73 Å². The molecule has 0 amide bonds. The predicted octanol–water partition coefficient (Wildman–Crippen LogP) is 2.92. The summed E-state index contributed by atoms with van der Waals surface area (Å²) in [6, 6.07) is 6.04. The van der Waals surface area contributed by atoms with Gasteiger partial charge in [0.25, 0.3) is 0 Å². The molecule has 0 radical (unpaired) electrons. The molecule has 21 heavy (non-hydrogen) atoms. The molecule has 2 unspecified atom stereocenters. The number of ether oxygens (including phenoxy) is 3. The van der Waals surface area contributed by atoms with E-state index in [1.54, 1.807) is 7.11 Å². The van der Waals surface area contributed by atoms with Crippen molar-refractivity contribution >= 4 is 0 Å². The highest BCUT2D eigenvalue weighted by Crippen LogP contribution is 2.35. The number of rotatable bonds is 7. The highest BCUT2D eigenvalue weighted by molar-refractivity contribution is 5.47. The summed E-state index contributed by atoms with van der Waals surface area (Å²) in [5.41, 5.74) is 6.84. The van der Waals surface area contributed by atoms with Crippen molar-refractivity contribution in [1.29, 1.82) is 0 Å². The standard InChI is InChI=1S/C17H27NO3/c1-3-20-16-9-4-6-13(10-11-18)17(16)21-15-8-5-7-14(12-15)19-2/h4,6,9,14-15H,3,5,7-8,10-12,18H2,1-2H3. The Bertz CT molecular complexity index is 412. The summed E-state index contributed by atoms with van der Waals surface area (Å²) in [5, 5.41) is 0. The predicted molar refractivity (Wildman–Crippen MR) is 84.1 cm³/mol. The fourth-order valence-corrected chi connectivity index (χ4v) is 2.91. The number of methoxy groups -OCH3 is 1. The molecule has 4 nitrogen and oxygen atoms in total. The third kappa shape index (κ3) is 4.35. The van der Waals surface area contributed by atoms with Crippen LogP contribution in [0.3, 0.4) is 0 Å². The molecule has 4 heteroatoms. The lowest BCUT2D eigenvalue weighted by atomic mass is 9.94. The van der Waals surface area contributed by atoms with Crippen molar-refractivity contribution in [3.8, 4) is 11.5 Å². The largest absolute Gasteiger partial charge is 0.490 e. The Balaban J connectivity index is 2.15. The first-order valence-corrected chi connectivity index (χ1v) is 7.92. The molecule has 1 aliphatic carbocycles. The fourth-order valence-electron chi connectivity index (χ4n) is 2.91. The molecule has 2 N–H and O–H groups in total. The van der Waals surface area contributed by atoms with Gasteiger partial charge in [-0.1, -0.05) is 12.1 Å². The van der Waals surface area contributed by atoms with E-state index in [4.69, 9.17) is 19.9 Å². The summed E-state index contributed by atoms with van der Waals surface area (Å²) in [6.45, 7) is 3.23. The van der Waals surface area contributed by atoms with E-state index in [1.807, 2.05) is 19.1 Å². The molecule has 2 rings (SSSR count). The van der Waals surface area contributed by atoms with Crippen LogP contribution in [0.1, 0.15) is 38.2 Å². The topological polar surface area (TPSA) is 53.7 Å². The number of hydrogen-bond acceptors (Lipinski definition) is 4. The Kier molecular flexibility index (Phi) is 6.33. The molecule has 0 bridgehead atoms. The highest BCUT2D eigenvalue weighted by atomic mass is 16.5. The smallest absolute Gasteiger partial charge is 0.164 e. The van der Waals surface area contributed by atoms with E-state index < -0.39 is 0 Å². The number of para-hydroxylation sites is 1. The van der Waals surface area contributed by atoms with Crippen molar-refractivity contribution in [3.05, 3.63) is 23.8 Å². The molecular formula is C17H27NO3. The van der Waals surface area contributed by atoms with Crippen molar-refractivity contribution in [1.82, 2.24) is 0 Å². The van der Waals surface area contributed by atoms with E-state index in [2.05, 4.69) is 6.07 Å². The van der Waals surface area contributed by atoms with Gasteiger partial charge in [-0.25, -0.2) is 0 Å². The van der Waals surface area contributed by atoms with Crippen molar-refractivity contribution in [3.63, 3.8) is 0 Å². The van der Waals surface area contributed by atoms with E-state index in [-0.39, 0.29) is 6.10 Å². The minimum Gasteiger partial charge on any atom is -0.490 e. The molecule has 2 atom stereocenters. The molecule has 1 aromatic rings. The molecule has 1 saturated carbocycles. The van der Waals surface area contributed by atoms with Gasteiger partial charge in [0.15, 0.2) is 11.5 Å². The third-order valence-electron chi connectivity index (χ3n) is 3.97. The van der Waals surface area contributed by atoms with Crippen LogP contribution in [0.25, 0.3) is 0 Å². The van der Waals surface area contributed by atoms with Gasteiger partial charge in [-0.15, -0.1) is 0 Å². The maximum atomic E-state index is 6.29. The summed E-state index contributed by atoms with van der Waals surface area (Å²) in [5.74, 6) is 1.69. The highest BCUT2D eigenvalue weighted by Gasteiger charge is 2.25. The quantitative estimate of drug-likeness (QED) is 0.840. The lowest BCUT2D eigenvalue weighted by Gasteiger charge is -2.30. The van der Waals surface area contributed by atoms with E-state index in [0.29, 0.717) is 19.3 Å². The minimum absolute atomic E-state index is 0.196. The molecule has 0 saturated heterocycles. The van der Waals surface area contributed by atoms with Crippen molar-refractivity contribution < 1.29 is 14.2 Å². The fraction of sp³-hybridized carbons (Fsp3) is 0.647. The van der Waals surface area contributed by atoms with Crippen LogP contribution in [0.5, 0.6) is 11.5 Å². The molecule has 1 fully saturated rings. The lowest BCUT2D eigenvalue weighted by molar-refractivity contribution is 0.0197. The Labute approximate surface area is 127 Å². The normalized spacial score (nSPS) is 22.0. The van der Waals surface area contributed by atoms with E-state index >= 15 is 0 Å². The Morgan fingerprint density at radius 3 is 2.76 bits per heavy atom. The van der Waals surface area contributed by atoms with E-state index in [1.165, 1.54) is 0 Å². The second-order valence-corrected chi connectivity index (χ2v) is 5.48. The summed E-state index contributed by atoms with van der Waals surface area (Å²) in [6.07, 6.45) is 5.59. The number of benzene rings is 1. The first-order chi connectivity index (χ1) is 10.3. The molecule has 0 aliphatic heterocycles. The zero-order valence-corrected chi connectivity index (χ0v) is 13.1. The van der Waals surface area contributed by atoms with Crippen LogP contribution in [-0.4, -0.2) is 32.5 Å². The average Bonchev–Trinajstić information content (AvgIpc) is 2.51. The molecule has 118 valence electrons. The molecule has 0 spiro atoms. The van der Waals surface area contributed by atoms with Crippen LogP contribution in [0.4, 0.5) is 0 Å². The lowest BCUT2D eigenvalue weighted by Crippen LogP contribution is -2.30. The zero-order valence-electron chi connectivity index (χ0n) is 13.1. The molecule has 0 heterocycles. The maximum absolute atomic E-state index is 6.29. The van der Waals surface area contributed by atoms with Crippen LogP contribution in [0.15, 0.2) is 18.2 Å². The second-order valence-electron chi connectivity index (χ2n) is 5.48. The SMILES string of the molecule is CCOc1cccc(CCN)c1OC1CCCC(OC)C1. The third-order valence-corrected chi connectivity index (χ3v) is 3.97. The summed E-state index contributed by atoms with van der Waals surface area (Å²) in [7, 11) is 1.78. The zero-order chi connectivity index (χ0) is 15.1. The first kappa shape index (κ1) is 16.1. The molecule has 0 aromatic heterocycles. The van der Waals surface area contributed by atoms with Gasteiger partial charge < -0.3 is 19.9 Å². The molecule has 1 aliphatic rings. The number of nitrogens with two attached hydrogens (primary N) is 1. The van der Waals surface area contributed by atoms with Crippen LogP contribution in [0, 0.1) is 0 Å². The maximum Gasteiger partial charge on any atom is 0.164 e. The monoisotopic (exact) mass is 293 g/mol. The molecule has 1 aromatic carbocycles. The van der Waals surface area contributed by atoms with Gasteiger partial charge in [-0.3, -0.25) is 0 Å². The van der Waals surface area contributed by atoms with Crippen LogP contribution >= 0.6 is 0 Å². The van der Waals surface area contributed by atoms with E-state index in [0.717, 1.165) is 49.2 Å². The van der Waals surface area contributed by atoms with Gasteiger partial charge in [-0.05, 0) is 50.8 Å². The van der Waals surface area contributed by atoms with Gasteiger partial charge in [-0.2, -0.15) is 0 Å². The van der Waals surface area contributed by atoms with Gasteiger partial charge in [0.05, 0.1) is 12.7 Å². The summed E-state index contributed by atoms with van der Waals surface area (Å²) in [4.78, 5) is 0. The second kappa shape index (κ2) is 8.25. The van der Waals surface area contributed by atoms with Crippen LogP contribution in [-0.2, 0) is 11.2 Å². The average molecular weight is 293 g/mol. The van der Waals surface area contributed by atoms with Crippen LogP contribution < -0.4 is 15.2 Å². The first-order valence-electron chi connectivity index (χ1n) is 7.92. The number of hydrogen-bond donors (Lipinski definition) is 1. The Morgan fingerprint density at radius 2 is 2.05 bits per heavy atom. The Morgan fingerprint density at radius 1 is 1.24 bits per heavy atom. The van der Waals surface area contributed by atoms with Gasteiger partial charge in [0.1, 0.15) is 6.10 Å². The van der Waals surface area contributed by atoms with Crippen molar-refractivity contribution in [2.75, 3.05) is 20.3 Å². The van der Waals surface area contributed by atoms with Crippen LogP contribution in [0.2, 0.25) is 0 Å². The van der Waals surface area contributed by atoms with Gasteiger partial charge in [0, 0.05) is 13.5 Å². The van der Waals surface area contributed by atoms with Gasteiger partial charge in [0.2, 0.25) is 0 Å². The van der Waals surface area contributed by atoms with E-state index in [9.17, 15) is 0 Å². The Hall–Kier alpha value is -1.26. The summed E-state index contributed by atoms with van der Waals surface area (Å²) < 4.78 is 17.5. The van der Waals surface area contributed by atoms with Gasteiger partial charge >= 0.3 is 0 Å². The molecular weight excluding hydrogens is 266 g/mol.